The van der Waals surface area contributed by atoms with E-state index in [-0.39, 0.29) is 17.5 Å². The second-order valence-electron chi connectivity index (χ2n) is 7.16. The first-order valence-electron chi connectivity index (χ1n) is 8.22. The summed E-state index contributed by atoms with van der Waals surface area (Å²) in [6.07, 6.45) is 0. The van der Waals surface area contributed by atoms with Gasteiger partial charge in [-0.25, -0.2) is 4.79 Å². The summed E-state index contributed by atoms with van der Waals surface area (Å²) in [7, 11) is 1.57. The van der Waals surface area contributed by atoms with Crippen LogP contribution in [0.5, 0.6) is 5.75 Å². The molecule has 1 aromatic carbocycles. The maximum Gasteiger partial charge on any atom is 0.317 e. The molecule has 3 amide bonds. The lowest BCUT2D eigenvalue weighted by Gasteiger charge is -2.36. The lowest BCUT2D eigenvalue weighted by atomic mass is 10.1. The van der Waals surface area contributed by atoms with E-state index in [1.54, 1.807) is 16.9 Å². The van der Waals surface area contributed by atoms with E-state index in [0.29, 0.717) is 37.5 Å². The number of benzene rings is 1. The molecule has 2 rings (SSSR count). The van der Waals surface area contributed by atoms with E-state index in [1.165, 1.54) is 0 Å². The molecule has 0 aromatic heterocycles. The van der Waals surface area contributed by atoms with Crippen molar-refractivity contribution in [2.75, 3.05) is 33.3 Å². The SMILES string of the molecule is COc1ccc(C)cc1C(=O)N1CCN(C(=O)NC(C)(C)C)CC1. The van der Waals surface area contributed by atoms with E-state index < -0.39 is 0 Å². The van der Waals surface area contributed by atoms with Gasteiger partial charge in [0.1, 0.15) is 5.75 Å². The summed E-state index contributed by atoms with van der Waals surface area (Å²) in [5.41, 5.74) is 1.33. The van der Waals surface area contributed by atoms with Gasteiger partial charge in [0.25, 0.3) is 5.91 Å². The van der Waals surface area contributed by atoms with Gasteiger partial charge in [0.15, 0.2) is 0 Å². The predicted octanol–water partition coefficient (Wildman–Crippen LogP) is 2.27. The summed E-state index contributed by atoms with van der Waals surface area (Å²) in [5, 5.41) is 2.95. The van der Waals surface area contributed by atoms with Gasteiger partial charge in [0, 0.05) is 31.7 Å². The summed E-state index contributed by atoms with van der Waals surface area (Å²) >= 11 is 0. The van der Waals surface area contributed by atoms with Crippen molar-refractivity contribution in [2.24, 2.45) is 0 Å². The number of carbonyl (C=O) groups excluding carboxylic acids is 2. The number of aryl methyl sites for hydroxylation is 1. The van der Waals surface area contributed by atoms with Crippen molar-refractivity contribution in [3.63, 3.8) is 0 Å². The van der Waals surface area contributed by atoms with Crippen LogP contribution in [0.1, 0.15) is 36.7 Å². The van der Waals surface area contributed by atoms with Gasteiger partial charge < -0.3 is 19.9 Å². The monoisotopic (exact) mass is 333 g/mol. The molecule has 1 aromatic rings. The second kappa shape index (κ2) is 7.11. The molecule has 1 saturated heterocycles. The first kappa shape index (κ1) is 18.1. The molecule has 1 fully saturated rings. The minimum Gasteiger partial charge on any atom is -0.496 e. The van der Waals surface area contributed by atoms with Gasteiger partial charge in [-0.05, 0) is 39.8 Å². The molecule has 1 N–H and O–H groups in total. The van der Waals surface area contributed by atoms with Crippen LogP contribution in [-0.2, 0) is 0 Å². The van der Waals surface area contributed by atoms with Gasteiger partial charge in [0.05, 0.1) is 12.7 Å². The Morgan fingerprint density at radius 3 is 2.21 bits per heavy atom. The Hall–Kier alpha value is -2.24. The predicted molar refractivity (Wildman–Crippen MR) is 93.5 cm³/mol. The van der Waals surface area contributed by atoms with Crippen molar-refractivity contribution in [1.82, 2.24) is 15.1 Å². The Morgan fingerprint density at radius 2 is 1.67 bits per heavy atom. The third-order valence-electron chi connectivity index (χ3n) is 3.92. The molecule has 0 spiro atoms. The fraction of sp³-hybridized carbons (Fsp3) is 0.556. The summed E-state index contributed by atoms with van der Waals surface area (Å²) < 4.78 is 5.30. The number of urea groups is 1. The molecule has 1 aliphatic rings. The van der Waals surface area contributed by atoms with Gasteiger partial charge in [0.2, 0.25) is 0 Å². The number of piperazine rings is 1. The topological polar surface area (TPSA) is 61.9 Å². The van der Waals surface area contributed by atoms with Crippen LogP contribution in [0.2, 0.25) is 0 Å². The Morgan fingerprint density at radius 1 is 1.08 bits per heavy atom. The number of amides is 3. The van der Waals surface area contributed by atoms with Crippen LogP contribution in [0.4, 0.5) is 4.79 Å². The summed E-state index contributed by atoms with van der Waals surface area (Å²) in [6.45, 7) is 9.91. The second-order valence-corrected chi connectivity index (χ2v) is 7.16. The summed E-state index contributed by atoms with van der Waals surface area (Å²) in [6, 6.07) is 5.50. The number of nitrogens with zero attached hydrogens (tertiary/aromatic N) is 2. The van der Waals surface area contributed by atoms with E-state index in [9.17, 15) is 9.59 Å². The van der Waals surface area contributed by atoms with Gasteiger partial charge in [-0.1, -0.05) is 11.6 Å². The molecule has 0 bridgehead atoms. The van der Waals surface area contributed by atoms with Crippen molar-refractivity contribution < 1.29 is 14.3 Å². The van der Waals surface area contributed by atoms with Crippen LogP contribution >= 0.6 is 0 Å². The van der Waals surface area contributed by atoms with E-state index in [2.05, 4.69) is 5.32 Å². The Bertz CT molecular complexity index is 614. The Balaban J connectivity index is 2.01. The minimum atomic E-state index is -0.265. The first-order chi connectivity index (χ1) is 11.2. The van der Waals surface area contributed by atoms with Crippen LogP contribution in [0.3, 0.4) is 0 Å². The molecule has 0 unspecified atom stereocenters. The zero-order valence-electron chi connectivity index (χ0n) is 15.2. The van der Waals surface area contributed by atoms with E-state index in [1.807, 2.05) is 45.9 Å². The largest absolute Gasteiger partial charge is 0.496 e. The summed E-state index contributed by atoms with van der Waals surface area (Å²) in [5.74, 6) is 0.532. The molecule has 132 valence electrons. The van der Waals surface area contributed by atoms with Crippen LogP contribution in [0.15, 0.2) is 18.2 Å². The van der Waals surface area contributed by atoms with Crippen LogP contribution in [0, 0.1) is 6.92 Å². The number of methoxy groups -OCH3 is 1. The van der Waals surface area contributed by atoms with Crippen molar-refractivity contribution in [3.8, 4) is 5.75 Å². The number of carbonyl (C=O) groups is 2. The average molecular weight is 333 g/mol. The maximum atomic E-state index is 12.8. The van der Waals surface area contributed by atoms with E-state index in [4.69, 9.17) is 4.74 Å². The molecular formula is C18H27N3O3. The molecule has 0 aliphatic carbocycles. The minimum absolute atomic E-state index is 0.0496. The lowest BCUT2D eigenvalue weighted by Crippen LogP contribution is -2.56. The lowest BCUT2D eigenvalue weighted by molar-refractivity contribution is 0.0658. The van der Waals surface area contributed by atoms with Gasteiger partial charge in [-0.3, -0.25) is 4.79 Å². The van der Waals surface area contributed by atoms with Crippen molar-refractivity contribution >= 4 is 11.9 Å². The Kier molecular flexibility index (Phi) is 5.36. The van der Waals surface area contributed by atoms with Crippen LogP contribution in [-0.4, -0.2) is 60.6 Å². The van der Waals surface area contributed by atoms with Crippen molar-refractivity contribution in [2.45, 2.75) is 33.2 Å². The molecule has 1 aliphatic heterocycles. The first-order valence-corrected chi connectivity index (χ1v) is 8.22. The molecule has 6 heteroatoms. The highest BCUT2D eigenvalue weighted by Crippen LogP contribution is 2.22. The van der Waals surface area contributed by atoms with Gasteiger partial charge in [-0.15, -0.1) is 0 Å². The van der Waals surface area contributed by atoms with Crippen LogP contribution in [0.25, 0.3) is 0 Å². The molecule has 0 saturated carbocycles. The average Bonchev–Trinajstić information content (AvgIpc) is 2.52. The maximum absolute atomic E-state index is 12.8. The fourth-order valence-electron chi connectivity index (χ4n) is 2.67. The number of ether oxygens (including phenoxy) is 1. The number of nitrogens with one attached hydrogen (secondary N) is 1. The summed E-state index contributed by atoms with van der Waals surface area (Å²) in [4.78, 5) is 28.5. The highest BCUT2D eigenvalue weighted by Gasteiger charge is 2.27. The molecule has 1 heterocycles. The smallest absolute Gasteiger partial charge is 0.317 e. The quantitative estimate of drug-likeness (QED) is 0.903. The third-order valence-corrected chi connectivity index (χ3v) is 3.92. The van der Waals surface area contributed by atoms with Gasteiger partial charge in [-0.2, -0.15) is 0 Å². The molecule has 0 atom stereocenters. The van der Waals surface area contributed by atoms with Crippen LogP contribution < -0.4 is 10.1 Å². The molecule has 24 heavy (non-hydrogen) atoms. The molecule has 6 nitrogen and oxygen atoms in total. The third kappa shape index (κ3) is 4.40. The van der Waals surface area contributed by atoms with E-state index in [0.717, 1.165) is 5.56 Å². The fourth-order valence-corrected chi connectivity index (χ4v) is 2.67. The number of rotatable bonds is 2. The van der Waals surface area contributed by atoms with Crippen molar-refractivity contribution in [3.05, 3.63) is 29.3 Å². The number of hydrogen-bond donors (Lipinski definition) is 1. The highest BCUT2D eigenvalue weighted by molar-refractivity contribution is 5.97. The highest BCUT2D eigenvalue weighted by atomic mass is 16.5. The van der Waals surface area contributed by atoms with Gasteiger partial charge >= 0.3 is 6.03 Å². The normalized spacial score (nSPS) is 15.2. The standard InChI is InChI=1S/C18H27N3O3/c1-13-6-7-15(24-5)14(12-13)16(22)20-8-10-21(11-9-20)17(23)19-18(2,3)4/h6-7,12H,8-11H2,1-5H3,(H,19,23). The molecular weight excluding hydrogens is 306 g/mol. The Labute approximate surface area is 143 Å². The number of hydrogen-bond acceptors (Lipinski definition) is 3. The zero-order chi connectivity index (χ0) is 17.9. The molecule has 0 radical (unpaired) electrons. The van der Waals surface area contributed by atoms with Crippen molar-refractivity contribution in [1.29, 1.82) is 0 Å². The van der Waals surface area contributed by atoms with E-state index >= 15 is 0 Å². The zero-order valence-corrected chi connectivity index (χ0v) is 15.2.